The molecule has 4 nitrogen and oxygen atoms in total. The number of carbonyl (C=O) groups is 1. The van der Waals surface area contributed by atoms with Gasteiger partial charge >= 0.3 is 5.97 Å². The summed E-state index contributed by atoms with van der Waals surface area (Å²) in [5.74, 6) is -0.722. The molecular weight excluding hydrogens is 244 g/mol. The van der Waals surface area contributed by atoms with Gasteiger partial charge in [-0.25, -0.2) is 4.79 Å². The van der Waals surface area contributed by atoms with Crippen molar-refractivity contribution in [3.63, 3.8) is 0 Å². The van der Waals surface area contributed by atoms with E-state index in [0.717, 1.165) is 0 Å². The van der Waals surface area contributed by atoms with E-state index in [0.29, 0.717) is 10.6 Å². The lowest BCUT2D eigenvalue weighted by Crippen LogP contribution is -2.12. The highest BCUT2D eigenvalue weighted by Gasteiger charge is 2.23. The van der Waals surface area contributed by atoms with Crippen molar-refractivity contribution >= 4 is 17.6 Å². The summed E-state index contributed by atoms with van der Waals surface area (Å²) in [6, 6.07) is 1.40. The minimum Gasteiger partial charge on any atom is -0.507 e. The second-order valence-corrected chi connectivity index (χ2v) is 4.27. The zero-order chi connectivity index (χ0) is 13.2. The van der Waals surface area contributed by atoms with Gasteiger partial charge in [0.05, 0.1) is 18.2 Å². The van der Waals surface area contributed by atoms with Gasteiger partial charge in [-0.3, -0.25) is 0 Å². The second kappa shape index (κ2) is 5.27. The Morgan fingerprint density at radius 3 is 2.53 bits per heavy atom. The van der Waals surface area contributed by atoms with Crippen LogP contribution in [0.15, 0.2) is 6.07 Å². The number of halogens is 1. The Hall–Kier alpha value is -1.42. The number of rotatable bonds is 3. The third kappa shape index (κ3) is 2.82. The molecule has 0 saturated carbocycles. The summed E-state index contributed by atoms with van der Waals surface area (Å²) < 4.78 is 10.1. The summed E-state index contributed by atoms with van der Waals surface area (Å²) in [5, 5.41) is 10.1. The van der Waals surface area contributed by atoms with Crippen LogP contribution in [0.2, 0.25) is 5.02 Å². The molecule has 0 aliphatic heterocycles. The van der Waals surface area contributed by atoms with Crippen molar-refractivity contribution in [3.05, 3.63) is 22.2 Å². The maximum Gasteiger partial charge on any atom is 0.345 e. The molecule has 0 saturated heterocycles. The minimum atomic E-state index is -0.681. The van der Waals surface area contributed by atoms with E-state index in [-0.39, 0.29) is 23.2 Å². The Balaban J connectivity index is 3.44. The third-order valence-electron chi connectivity index (χ3n) is 2.13. The molecule has 0 heterocycles. The van der Waals surface area contributed by atoms with Crippen LogP contribution in [0, 0.1) is 6.92 Å². The molecule has 0 aliphatic rings. The summed E-state index contributed by atoms with van der Waals surface area (Å²) in [6.07, 6.45) is -0.169. The molecule has 0 spiro atoms. The van der Waals surface area contributed by atoms with E-state index in [2.05, 4.69) is 4.74 Å². The number of aromatic hydroxyl groups is 1. The van der Waals surface area contributed by atoms with E-state index in [4.69, 9.17) is 16.3 Å². The first-order valence-electron chi connectivity index (χ1n) is 5.15. The van der Waals surface area contributed by atoms with Crippen molar-refractivity contribution in [2.45, 2.75) is 26.9 Å². The third-order valence-corrected chi connectivity index (χ3v) is 2.59. The van der Waals surface area contributed by atoms with Crippen LogP contribution in [0.5, 0.6) is 11.5 Å². The number of methoxy groups -OCH3 is 1. The first-order chi connectivity index (χ1) is 7.88. The Labute approximate surface area is 105 Å². The first kappa shape index (κ1) is 13.6. The van der Waals surface area contributed by atoms with Gasteiger partial charge in [0.15, 0.2) is 5.75 Å². The molecule has 17 heavy (non-hydrogen) atoms. The van der Waals surface area contributed by atoms with Gasteiger partial charge in [0.1, 0.15) is 11.3 Å². The van der Waals surface area contributed by atoms with Crippen molar-refractivity contribution in [3.8, 4) is 11.5 Å². The van der Waals surface area contributed by atoms with Gasteiger partial charge in [-0.05, 0) is 32.4 Å². The molecule has 0 amide bonds. The summed E-state index contributed by atoms with van der Waals surface area (Å²) in [7, 11) is 1.23. The molecule has 0 bridgehead atoms. The Kier molecular flexibility index (Phi) is 4.23. The molecule has 94 valence electrons. The Bertz CT molecular complexity index is 441. The Morgan fingerprint density at radius 1 is 1.47 bits per heavy atom. The van der Waals surface area contributed by atoms with E-state index in [1.54, 1.807) is 20.8 Å². The number of benzene rings is 1. The maximum atomic E-state index is 11.6. The van der Waals surface area contributed by atoms with Crippen LogP contribution in [0.3, 0.4) is 0 Å². The number of ether oxygens (including phenoxy) is 2. The smallest absolute Gasteiger partial charge is 0.345 e. The van der Waals surface area contributed by atoms with Crippen molar-refractivity contribution in [1.82, 2.24) is 0 Å². The topological polar surface area (TPSA) is 55.8 Å². The van der Waals surface area contributed by atoms with Gasteiger partial charge in [-0.2, -0.15) is 0 Å². The molecule has 0 unspecified atom stereocenters. The lowest BCUT2D eigenvalue weighted by Gasteiger charge is -2.17. The van der Waals surface area contributed by atoms with E-state index in [1.165, 1.54) is 13.2 Å². The van der Waals surface area contributed by atoms with E-state index >= 15 is 0 Å². The summed E-state index contributed by atoms with van der Waals surface area (Å²) in [6.45, 7) is 5.32. The monoisotopic (exact) mass is 258 g/mol. The molecule has 0 aliphatic carbocycles. The molecule has 0 atom stereocenters. The maximum absolute atomic E-state index is 11.6. The lowest BCUT2D eigenvalue weighted by molar-refractivity contribution is 0.0591. The molecule has 1 aromatic rings. The molecule has 0 aromatic heterocycles. The standard InChI is InChI=1S/C12H15ClO4/c1-6(2)17-11-9(12(15)16-4)8(14)5-7(3)10(11)13/h5-6,14H,1-4H3. The number of aryl methyl sites for hydroxylation is 1. The van der Waals surface area contributed by atoms with Crippen molar-refractivity contribution in [2.75, 3.05) is 7.11 Å². The number of hydrogen-bond acceptors (Lipinski definition) is 4. The number of esters is 1. The summed E-state index contributed by atoms with van der Waals surface area (Å²) in [5.41, 5.74) is 0.587. The molecular formula is C12H15ClO4. The number of phenolic OH excluding ortho intramolecular Hbond substituents is 1. The quantitative estimate of drug-likeness (QED) is 0.847. The lowest BCUT2D eigenvalue weighted by atomic mass is 10.1. The predicted molar refractivity (Wildman–Crippen MR) is 65.0 cm³/mol. The van der Waals surface area contributed by atoms with E-state index < -0.39 is 5.97 Å². The largest absolute Gasteiger partial charge is 0.507 e. The molecule has 0 fully saturated rings. The van der Waals surface area contributed by atoms with Gasteiger partial charge in [0, 0.05) is 0 Å². The highest BCUT2D eigenvalue weighted by atomic mass is 35.5. The van der Waals surface area contributed by atoms with Crippen molar-refractivity contribution < 1.29 is 19.4 Å². The van der Waals surface area contributed by atoms with Crippen molar-refractivity contribution in [1.29, 1.82) is 0 Å². The van der Waals surface area contributed by atoms with Gasteiger partial charge < -0.3 is 14.6 Å². The number of hydrogen-bond donors (Lipinski definition) is 1. The van der Waals surface area contributed by atoms with Crippen molar-refractivity contribution in [2.24, 2.45) is 0 Å². The van der Waals surface area contributed by atoms with E-state index in [9.17, 15) is 9.90 Å². The average Bonchev–Trinajstić information content (AvgIpc) is 2.24. The van der Waals surface area contributed by atoms with Crippen LogP contribution in [0.1, 0.15) is 29.8 Å². The molecule has 1 aromatic carbocycles. The summed E-state index contributed by atoms with van der Waals surface area (Å²) >= 11 is 6.07. The second-order valence-electron chi connectivity index (χ2n) is 3.89. The normalized spacial score (nSPS) is 10.5. The molecule has 1 N–H and O–H groups in total. The fraction of sp³-hybridized carbons (Fsp3) is 0.417. The zero-order valence-corrected chi connectivity index (χ0v) is 11.0. The van der Waals surface area contributed by atoms with Crippen LogP contribution in [0.25, 0.3) is 0 Å². The highest BCUT2D eigenvalue weighted by molar-refractivity contribution is 6.33. The average molecular weight is 259 g/mol. The zero-order valence-electron chi connectivity index (χ0n) is 10.2. The fourth-order valence-corrected chi connectivity index (χ4v) is 1.59. The number of carbonyl (C=O) groups excluding carboxylic acids is 1. The van der Waals surface area contributed by atoms with E-state index in [1.807, 2.05) is 0 Å². The van der Waals surface area contributed by atoms with Crippen LogP contribution in [-0.2, 0) is 4.74 Å². The summed E-state index contributed by atoms with van der Waals surface area (Å²) in [4.78, 5) is 11.6. The van der Waals surface area contributed by atoms with Crippen LogP contribution in [0.4, 0.5) is 0 Å². The minimum absolute atomic E-state index is 0.0446. The van der Waals surface area contributed by atoms with Gasteiger partial charge in [-0.1, -0.05) is 11.6 Å². The van der Waals surface area contributed by atoms with Gasteiger partial charge in [0.25, 0.3) is 0 Å². The SMILES string of the molecule is COC(=O)c1c(O)cc(C)c(Cl)c1OC(C)C. The van der Waals surface area contributed by atoms with Crippen LogP contribution < -0.4 is 4.74 Å². The fourth-order valence-electron chi connectivity index (χ4n) is 1.39. The highest BCUT2D eigenvalue weighted by Crippen LogP contribution is 2.38. The van der Waals surface area contributed by atoms with Crippen LogP contribution in [-0.4, -0.2) is 24.3 Å². The first-order valence-corrected chi connectivity index (χ1v) is 5.53. The molecule has 5 heteroatoms. The molecule has 1 rings (SSSR count). The van der Waals surface area contributed by atoms with Gasteiger partial charge in [0.2, 0.25) is 0 Å². The number of phenols is 1. The van der Waals surface area contributed by atoms with Crippen LogP contribution >= 0.6 is 11.6 Å². The predicted octanol–water partition coefficient (Wildman–Crippen LogP) is 2.93. The molecule has 0 radical (unpaired) electrons. The Morgan fingerprint density at radius 2 is 2.06 bits per heavy atom. The van der Waals surface area contributed by atoms with Gasteiger partial charge in [-0.15, -0.1) is 0 Å².